The standard InChI is InChI=1S/C15H26O5/c1-4-14(16)17-12-15(18-5-2,19-6-3)20-13-10-8-7-9-11-13/h4,13H,1,5-12H2,2-3H3. The van der Waals surface area contributed by atoms with E-state index in [-0.39, 0.29) is 12.7 Å². The zero-order valence-corrected chi connectivity index (χ0v) is 12.6. The molecule has 1 aliphatic carbocycles. The fourth-order valence-electron chi connectivity index (χ4n) is 2.32. The monoisotopic (exact) mass is 286 g/mol. The van der Waals surface area contributed by atoms with Crippen LogP contribution in [0.4, 0.5) is 0 Å². The summed E-state index contributed by atoms with van der Waals surface area (Å²) < 4.78 is 22.3. The fourth-order valence-corrected chi connectivity index (χ4v) is 2.32. The van der Waals surface area contributed by atoms with Crippen LogP contribution in [0.3, 0.4) is 0 Å². The molecule has 0 aromatic heterocycles. The Bertz CT molecular complexity index is 291. The highest BCUT2D eigenvalue weighted by Gasteiger charge is 2.38. The maximum absolute atomic E-state index is 11.3. The molecule has 1 fully saturated rings. The molecule has 1 aliphatic rings. The van der Waals surface area contributed by atoms with Crippen molar-refractivity contribution in [3.8, 4) is 0 Å². The van der Waals surface area contributed by atoms with Crippen LogP contribution < -0.4 is 0 Å². The predicted octanol–water partition coefficient (Wildman–Crippen LogP) is 2.79. The van der Waals surface area contributed by atoms with E-state index in [4.69, 9.17) is 18.9 Å². The number of hydrogen-bond donors (Lipinski definition) is 0. The largest absolute Gasteiger partial charge is 0.454 e. The summed E-state index contributed by atoms with van der Waals surface area (Å²) >= 11 is 0. The Kier molecular flexibility index (Phi) is 7.80. The van der Waals surface area contributed by atoms with Crippen LogP contribution in [0.5, 0.6) is 0 Å². The summed E-state index contributed by atoms with van der Waals surface area (Å²) in [5, 5.41) is 0. The van der Waals surface area contributed by atoms with Gasteiger partial charge in [-0.2, -0.15) is 0 Å². The van der Waals surface area contributed by atoms with Gasteiger partial charge in [-0.25, -0.2) is 4.79 Å². The Morgan fingerprint density at radius 1 is 1.20 bits per heavy atom. The Labute approximate surface area is 121 Å². The summed E-state index contributed by atoms with van der Waals surface area (Å²) in [6.07, 6.45) is 6.69. The molecule has 0 aliphatic heterocycles. The van der Waals surface area contributed by atoms with E-state index in [0.717, 1.165) is 31.8 Å². The molecule has 0 bridgehead atoms. The van der Waals surface area contributed by atoms with Gasteiger partial charge in [-0.1, -0.05) is 25.8 Å². The minimum Gasteiger partial charge on any atom is -0.454 e. The van der Waals surface area contributed by atoms with Gasteiger partial charge >= 0.3 is 11.9 Å². The number of ether oxygens (including phenoxy) is 4. The van der Waals surface area contributed by atoms with E-state index < -0.39 is 11.9 Å². The molecule has 0 N–H and O–H groups in total. The summed E-state index contributed by atoms with van der Waals surface area (Å²) in [6.45, 7) is 7.82. The van der Waals surface area contributed by atoms with Crippen LogP contribution in [0.1, 0.15) is 46.0 Å². The van der Waals surface area contributed by atoms with Crippen molar-refractivity contribution in [1.29, 1.82) is 0 Å². The fraction of sp³-hybridized carbons (Fsp3) is 0.800. The SMILES string of the molecule is C=CC(=O)OCC(OCC)(OCC)OC1CCCCC1. The second-order valence-electron chi connectivity index (χ2n) is 4.74. The third-order valence-electron chi connectivity index (χ3n) is 3.18. The summed E-state index contributed by atoms with van der Waals surface area (Å²) in [5.74, 6) is -1.81. The Hall–Kier alpha value is -0.910. The molecule has 0 aromatic rings. The van der Waals surface area contributed by atoms with Gasteiger partial charge in [0, 0.05) is 19.3 Å². The average molecular weight is 286 g/mol. The minimum atomic E-state index is -1.30. The highest BCUT2D eigenvalue weighted by atomic mass is 16.9. The van der Waals surface area contributed by atoms with Gasteiger partial charge in [0.15, 0.2) is 6.61 Å². The van der Waals surface area contributed by atoms with E-state index >= 15 is 0 Å². The zero-order chi connectivity index (χ0) is 14.8. The molecule has 0 saturated heterocycles. The summed E-state index contributed by atoms with van der Waals surface area (Å²) in [6, 6.07) is 0. The summed E-state index contributed by atoms with van der Waals surface area (Å²) in [4.78, 5) is 11.3. The van der Waals surface area contributed by atoms with Gasteiger partial charge in [-0.3, -0.25) is 0 Å². The Balaban J connectivity index is 2.67. The van der Waals surface area contributed by atoms with Crippen molar-refractivity contribution in [2.24, 2.45) is 0 Å². The van der Waals surface area contributed by atoms with Crippen LogP contribution in [0, 0.1) is 0 Å². The van der Waals surface area contributed by atoms with E-state index in [2.05, 4.69) is 6.58 Å². The first-order valence-corrected chi connectivity index (χ1v) is 7.40. The molecule has 1 rings (SSSR count). The lowest BCUT2D eigenvalue weighted by Crippen LogP contribution is -2.47. The second kappa shape index (κ2) is 9.10. The first-order valence-electron chi connectivity index (χ1n) is 7.40. The van der Waals surface area contributed by atoms with Crippen molar-refractivity contribution in [1.82, 2.24) is 0 Å². The smallest absolute Gasteiger partial charge is 0.330 e. The lowest BCUT2D eigenvalue weighted by molar-refractivity contribution is -0.403. The van der Waals surface area contributed by atoms with Gasteiger partial charge in [0.2, 0.25) is 0 Å². The van der Waals surface area contributed by atoms with Gasteiger partial charge < -0.3 is 18.9 Å². The summed E-state index contributed by atoms with van der Waals surface area (Å²) in [7, 11) is 0. The van der Waals surface area contributed by atoms with Gasteiger partial charge in [-0.15, -0.1) is 0 Å². The van der Waals surface area contributed by atoms with Gasteiger partial charge in [-0.05, 0) is 26.7 Å². The van der Waals surface area contributed by atoms with Gasteiger partial charge in [0.1, 0.15) is 0 Å². The van der Waals surface area contributed by atoms with Crippen molar-refractivity contribution >= 4 is 5.97 Å². The molecule has 0 amide bonds. The number of rotatable bonds is 9. The molecule has 0 radical (unpaired) electrons. The number of carbonyl (C=O) groups excluding carboxylic acids is 1. The van der Waals surface area contributed by atoms with Crippen molar-refractivity contribution < 1.29 is 23.7 Å². The van der Waals surface area contributed by atoms with E-state index in [9.17, 15) is 4.79 Å². The van der Waals surface area contributed by atoms with Crippen LogP contribution in [0.2, 0.25) is 0 Å². The number of esters is 1. The Morgan fingerprint density at radius 3 is 2.30 bits per heavy atom. The lowest BCUT2D eigenvalue weighted by atomic mass is 9.98. The maximum atomic E-state index is 11.3. The second-order valence-corrected chi connectivity index (χ2v) is 4.74. The van der Waals surface area contributed by atoms with E-state index in [1.807, 2.05) is 13.8 Å². The highest BCUT2D eigenvalue weighted by Crippen LogP contribution is 2.27. The van der Waals surface area contributed by atoms with Gasteiger partial charge in [0.05, 0.1) is 6.10 Å². The summed E-state index contributed by atoms with van der Waals surface area (Å²) in [5.41, 5.74) is 0. The molecule has 5 nitrogen and oxygen atoms in total. The molecule has 0 atom stereocenters. The first-order chi connectivity index (χ1) is 9.65. The van der Waals surface area contributed by atoms with Crippen LogP contribution >= 0.6 is 0 Å². The van der Waals surface area contributed by atoms with Gasteiger partial charge in [0.25, 0.3) is 0 Å². The molecule has 116 valence electrons. The van der Waals surface area contributed by atoms with Crippen LogP contribution in [0.15, 0.2) is 12.7 Å². The average Bonchev–Trinajstić information content (AvgIpc) is 2.46. The molecule has 0 heterocycles. The number of carbonyl (C=O) groups is 1. The molecule has 0 spiro atoms. The normalized spacial score (nSPS) is 16.9. The van der Waals surface area contributed by atoms with Crippen LogP contribution in [-0.2, 0) is 23.7 Å². The first kappa shape index (κ1) is 17.1. The van der Waals surface area contributed by atoms with Crippen molar-refractivity contribution in [3.63, 3.8) is 0 Å². The van der Waals surface area contributed by atoms with Crippen LogP contribution in [0.25, 0.3) is 0 Å². The molecular weight excluding hydrogens is 260 g/mol. The molecule has 20 heavy (non-hydrogen) atoms. The minimum absolute atomic E-state index is 0.0873. The maximum Gasteiger partial charge on any atom is 0.330 e. The van der Waals surface area contributed by atoms with E-state index in [1.165, 1.54) is 6.42 Å². The highest BCUT2D eigenvalue weighted by molar-refractivity contribution is 5.81. The lowest BCUT2D eigenvalue weighted by Gasteiger charge is -2.36. The molecule has 1 saturated carbocycles. The van der Waals surface area contributed by atoms with Crippen molar-refractivity contribution in [3.05, 3.63) is 12.7 Å². The third-order valence-corrected chi connectivity index (χ3v) is 3.18. The number of hydrogen-bond acceptors (Lipinski definition) is 5. The van der Waals surface area contributed by atoms with Crippen LogP contribution in [-0.4, -0.2) is 37.9 Å². The molecule has 5 heteroatoms. The quantitative estimate of drug-likeness (QED) is 0.370. The van der Waals surface area contributed by atoms with E-state index in [0.29, 0.717) is 13.2 Å². The van der Waals surface area contributed by atoms with Crippen molar-refractivity contribution in [2.75, 3.05) is 19.8 Å². The molecule has 0 aromatic carbocycles. The topological polar surface area (TPSA) is 54.0 Å². The van der Waals surface area contributed by atoms with E-state index in [1.54, 1.807) is 0 Å². The molecular formula is C15H26O5. The predicted molar refractivity (Wildman–Crippen MR) is 75.1 cm³/mol. The third kappa shape index (κ3) is 5.61. The zero-order valence-electron chi connectivity index (χ0n) is 12.6. The Morgan fingerprint density at radius 2 is 1.80 bits per heavy atom. The van der Waals surface area contributed by atoms with Crippen molar-refractivity contribution in [2.45, 2.75) is 58.0 Å². The molecule has 0 unspecified atom stereocenters.